The Hall–Kier alpha value is -2.80. The van der Waals surface area contributed by atoms with Gasteiger partial charge < -0.3 is 5.32 Å². The summed E-state index contributed by atoms with van der Waals surface area (Å²) in [6.07, 6.45) is 4.35. The van der Waals surface area contributed by atoms with Crippen molar-refractivity contribution in [1.82, 2.24) is 20.1 Å². The minimum atomic E-state index is -2.21. The molecule has 1 fully saturated rings. The number of nitrogens with zero attached hydrogens (tertiary/aromatic N) is 3. The second-order valence-electron chi connectivity index (χ2n) is 7.30. The molecule has 3 heterocycles. The number of nitrogens with one attached hydrogen (secondary N) is 2. The van der Waals surface area contributed by atoms with E-state index in [0.29, 0.717) is 32.5 Å². The average Bonchev–Trinajstić information content (AvgIpc) is 3.22. The van der Waals surface area contributed by atoms with Gasteiger partial charge in [-0.05, 0) is 49.0 Å². The van der Waals surface area contributed by atoms with Crippen molar-refractivity contribution in [2.24, 2.45) is 5.92 Å². The first kappa shape index (κ1) is 18.6. The summed E-state index contributed by atoms with van der Waals surface area (Å²) in [5, 5.41) is 12.2. The number of fused-ring (bicyclic) bond motifs is 1. The first-order valence-corrected chi connectivity index (χ1v) is 9.43. The van der Waals surface area contributed by atoms with E-state index in [1.807, 2.05) is 30.6 Å². The van der Waals surface area contributed by atoms with Crippen LogP contribution in [0, 0.1) is 5.92 Å². The fourth-order valence-electron chi connectivity index (χ4n) is 3.65. The summed E-state index contributed by atoms with van der Waals surface area (Å²) in [5.41, 5.74) is 2.93. The maximum Gasteiger partial charge on any atom is 0.241 e. The molecule has 7 heteroatoms. The molecule has 0 spiro atoms. The number of hydrogen-bond donors (Lipinski definition) is 2. The van der Waals surface area contributed by atoms with Gasteiger partial charge in [-0.15, -0.1) is 0 Å². The summed E-state index contributed by atoms with van der Waals surface area (Å²) in [6.45, 7) is 6.06. The first-order valence-electron chi connectivity index (χ1n) is 9.43. The fourth-order valence-corrected chi connectivity index (χ4v) is 3.65. The molecule has 4 rings (SSSR count). The van der Waals surface area contributed by atoms with E-state index in [1.54, 1.807) is 6.20 Å². The van der Waals surface area contributed by atoms with Gasteiger partial charge in [-0.1, -0.05) is 18.7 Å². The number of benzene rings is 1. The highest BCUT2D eigenvalue weighted by Crippen LogP contribution is 2.26. The van der Waals surface area contributed by atoms with Gasteiger partial charge in [0.25, 0.3) is 0 Å². The Labute approximate surface area is 162 Å². The maximum absolute atomic E-state index is 12.8. The van der Waals surface area contributed by atoms with Gasteiger partial charge in [-0.3, -0.25) is 10.00 Å². The van der Waals surface area contributed by atoms with Gasteiger partial charge in [0, 0.05) is 41.5 Å². The van der Waals surface area contributed by atoms with E-state index >= 15 is 0 Å². The quantitative estimate of drug-likeness (QED) is 0.657. The van der Waals surface area contributed by atoms with Gasteiger partial charge >= 0.3 is 0 Å². The van der Waals surface area contributed by atoms with Crippen molar-refractivity contribution < 1.29 is 8.78 Å². The summed E-state index contributed by atoms with van der Waals surface area (Å²) >= 11 is 0. The number of halogens is 2. The predicted molar refractivity (Wildman–Crippen MR) is 107 cm³/mol. The zero-order valence-corrected chi connectivity index (χ0v) is 15.5. The van der Waals surface area contributed by atoms with E-state index < -0.39 is 12.3 Å². The monoisotopic (exact) mass is 383 g/mol. The molecule has 0 amide bonds. The number of alkyl halides is 2. The highest BCUT2D eigenvalue weighted by Gasteiger charge is 2.26. The molecule has 28 heavy (non-hydrogen) atoms. The lowest BCUT2D eigenvalue weighted by molar-refractivity contribution is 0.0373. The average molecular weight is 383 g/mol. The van der Waals surface area contributed by atoms with Gasteiger partial charge in [0.1, 0.15) is 5.82 Å². The number of piperidine rings is 1. The normalized spacial score (nSPS) is 16.0. The number of aromatic amines is 1. The molecule has 146 valence electrons. The van der Waals surface area contributed by atoms with E-state index in [9.17, 15) is 8.78 Å². The molecule has 0 radical (unpaired) electrons. The Kier molecular flexibility index (Phi) is 5.34. The second kappa shape index (κ2) is 8.06. The van der Waals surface area contributed by atoms with Gasteiger partial charge in [0.05, 0.1) is 6.20 Å². The lowest BCUT2D eigenvalue weighted by Gasteiger charge is -2.31. The molecule has 2 N–H and O–H groups in total. The summed E-state index contributed by atoms with van der Waals surface area (Å²) in [6, 6.07) is 8.18. The predicted octanol–water partition coefficient (Wildman–Crippen LogP) is 4.53. The van der Waals surface area contributed by atoms with E-state index in [1.165, 1.54) is 0 Å². The number of anilines is 1. The summed E-state index contributed by atoms with van der Waals surface area (Å²) in [4.78, 5) is 6.62. The number of rotatable bonds is 6. The fraction of sp³-hybridized carbons (Fsp3) is 0.333. The standard InChI is InChI=1S/C21H23F2N5/c1-14(13-28-6-4-15(5-7-28)21(22)23)27-20-9-18-8-16(19-11-25-26-12-19)2-3-17(18)10-24-20/h2-3,8-12,15,21H,1,4-7,13H2,(H,24,27)(H,25,26). The molecule has 5 nitrogen and oxygen atoms in total. The van der Waals surface area contributed by atoms with Crippen molar-refractivity contribution in [3.63, 3.8) is 0 Å². The lowest BCUT2D eigenvalue weighted by atomic mass is 9.97. The SMILES string of the molecule is C=C(CN1CCC(C(F)F)CC1)Nc1cc2cc(-c3cn[nH]c3)ccc2cn1. The van der Waals surface area contributed by atoms with Gasteiger partial charge in [-0.2, -0.15) is 5.10 Å². The van der Waals surface area contributed by atoms with Crippen LogP contribution in [0.25, 0.3) is 21.9 Å². The van der Waals surface area contributed by atoms with Crippen LogP contribution >= 0.6 is 0 Å². The second-order valence-corrected chi connectivity index (χ2v) is 7.30. The molecule has 1 aliphatic heterocycles. The molecule has 1 aliphatic rings. The minimum absolute atomic E-state index is 0.468. The molecule has 0 bridgehead atoms. The Morgan fingerprint density at radius 3 is 2.71 bits per heavy atom. The van der Waals surface area contributed by atoms with E-state index in [2.05, 4.69) is 38.0 Å². The third-order valence-corrected chi connectivity index (χ3v) is 5.26. The van der Waals surface area contributed by atoms with Crippen LogP contribution < -0.4 is 5.32 Å². The molecule has 3 aromatic rings. The van der Waals surface area contributed by atoms with Crippen LogP contribution in [0.15, 0.2) is 55.1 Å². The molecule has 2 aromatic heterocycles. The van der Waals surface area contributed by atoms with Crippen molar-refractivity contribution in [1.29, 1.82) is 0 Å². The Balaban J connectivity index is 1.41. The van der Waals surface area contributed by atoms with Crippen LogP contribution in [0.3, 0.4) is 0 Å². The Morgan fingerprint density at radius 1 is 1.18 bits per heavy atom. The molecular formula is C21H23F2N5. The van der Waals surface area contributed by atoms with Crippen molar-refractivity contribution >= 4 is 16.6 Å². The van der Waals surface area contributed by atoms with Gasteiger partial charge in [0.2, 0.25) is 6.43 Å². The number of likely N-dealkylation sites (tertiary alicyclic amines) is 1. The van der Waals surface area contributed by atoms with Crippen LogP contribution in [0.1, 0.15) is 12.8 Å². The summed E-state index contributed by atoms with van der Waals surface area (Å²) in [5.74, 6) is 0.258. The van der Waals surface area contributed by atoms with Crippen molar-refractivity contribution in [2.75, 3.05) is 25.0 Å². The topological polar surface area (TPSA) is 56.8 Å². The first-order chi connectivity index (χ1) is 13.6. The summed E-state index contributed by atoms with van der Waals surface area (Å²) < 4.78 is 25.6. The van der Waals surface area contributed by atoms with Gasteiger partial charge in [0.15, 0.2) is 0 Å². The van der Waals surface area contributed by atoms with Crippen LogP contribution in [-0.2, 0) is 0 Å². The Morgan fingerprint density at radius 2 is 2.00 bits per heavy atom. The van der Waals surface area contributed by atoms with Gasteiger partial charge in [-0.25, -0.2) is 13.8 Å². The molecule has 0 aliphatic carbocycles. The van der Waals surface area contributed by atoms with Crippen LogP contribution in [0.5, 0.6) is 0 Å². The third-order valence-electron chi connectivity index (χ3n) is 5.26. The summed E-state index contributed by atoms with van der Waals surface area (Å²) in [7, 11) is 0. The minimum Gasteiger partial charge on any atom is -0.343 e. The number of aromatic nitrogens is 3. The molecule has 0 atom stereocenters. The molecule has 0 saturated carbocycles. The van der Waals surface area contributed by atoms with Crippen LogP contribution in [0.4, 0.5) is 14.6 Å². The van der Waals surface area contributed by atoms with Crippen molar-refractivity contribution in [3.8, 4) is 11.1 Å². The maximum atomic E-state index is 12.8. The zero-order chi connectivity index (χ0) is 19.5. The van der Waals surface area contributed by atoms with E-state index in [-0.39, 0.29) is 0 Å². The van der Waals surface area contributed by atoms with Crippen molar-refractivity contribution in [2.45, 2.75) is 19.3 Å². The lowest BCUT2D eigenvalue weighted by Crippen LogP contribution is -2.37. The Bertz CT molecular complexity index is 947. The van der Waals surface area contributed by atoms with Crippen molar-refractivity contribution in [3.05, 3.63) is 55.1 Å². The van der Waals surface area contributed by atoms with Crippen LogP contribution in [-0.4, -0.2) is 46.1 Å². The molecule has 1 aromatic carbocycles. The van der Waals surface area contributed by atoms with E-state index in [4.69, 9.17) is 0 Å². The smallest absolute Gasteiger partial charge is 0.241 e. The highest BCUT2D eigenvalue weighted by atomic mass is 19.3. The largest absolute Gasteiger partial charge is 0.343 e. The molecule has 1 saturated heterocycles. The zero-order valence-electron chi connectivity index (χ0n) is 15.5. The number of H-pyrrole nitrogens is 1. The molecule has 0 unspecified atom stereocenters. The third kappa shape index (κ3) is 4.20. The number of pyridine rings is 1. The molecular weight excluding hydrogens is 360 g/mol. The number of hydrogen-bond acceptors (Lipinski definition) is 4. The van der Waals surface area contributed by atoms with E-state index in [0.717, 1.165) is 33.4 Å². The highest BCUT2D eigenvalue weighted by molar-refractivity contribution is 5.88. The van der Waals surface area contributed by atoms with Crippen LogP contribution in [0.2, 0.25) is 0 Å².